The highest BCUT2D eigenvalue weighted by Crippen LogP contribution is 2.27. The first-order chi connectivity index (χ1) is 16.3. The molecule has 1 aliphatic rings. The van der Waals surface area contributed by atoms with Crippen molar-refractivity contribution in [1.82, 2.24) is 9.62 Å². The first-order valence-corrected chi connectivity index (χ1v) is 13.0. The highest BCUT2D eigenvalue weighted by atomic mass is 32.2. The fourth-order valence-corrected chi connectivity index (χ4v) is 4.99. The number of carbonyl (C=O) groups is 2. The molecule has 34 heavy (non-hydrogen) atoms. The predicted octanol–water partition coefficient (Wildman–Crippen LogP) is 3.09. The second kappa shape index (κ2) is 11.3. The van der Waals surface area contributed by atoms with Crippen LogP contribution in [0.5, 0.6) is 0 Å². The lowest BCUT2D eigenvalue weighted by Crippen LogP contribution is -2.30. The molecule has 10 heteroatoms. The van der Waals surface area contributed by atoms with Crippen LogP contribution in [0.3, 0.4) is 0 Å². The molecule has 3 rings (SSSR count). The largest absolute Gasteiger partial charge is 0.384 e. The molecule has 2 aromatic rings. The van der Waals surface area contributed by atoms with E-state index in [0.29, 0.717) is 42.3 Å². The zero-order chi connectivity index (χ0) is 24.7. The summed E-state index contributed by atoms with van der Waals surface area (Å²) in [6.07, 6.45) is 2.00. The molecule has 2 amide bonds. The Morgan fingerprint density at radius 3 is 2.35 bits per heavy atom. The molecule has 9 nitrogen and oxygen atoms in total. The van der Waals surface area contributed by atoms with Crippen LogP contribution in [0.2, 0.25) is 0 Å². The lowest BCUT2D eigenvalue weighted by Gasteiger charge is -2.20. The lowest BCUT2D eigenvalue weighted by atomic mass is 10.2. The monoisotopic (exact) mass is 487 g/mol. The molecule has 0 bridgehead atoms. The summed E-state index contributed by atoms with van der Waals surface area (Å²) in [6, 6.07) is 11.8. The number of carbonyl (C=O) groups excluding carboxylic acids is 2. The molecule has 0 atom stereocenters. The molecule has 2 aromatic carbocycles. The molecule has 1 aliphatic carbocycles. The Kier molecular flexibility index (Phi) is 8.51. The van der Waals surface area contributed by atoms with E-state index >= 15 is 0 Å². The van der Waals surface area contributed by atoms with Gasteiger partial charge in [-0.2, -0.15) is 4.31 Å². The lowest BCUT2D eigenvalue weighted by molar-refractivity contribution is -0.114. The van der Waals surface area contributed by atoms with Gasteiger partial charge in [0.2, 0.25) is 15.9 Å². The Labute approximate surface area is 201 Å². The molecule has 0 saturated heterocycles. The van der Waals surface area contributed by atoms with Crippen LogP contribution in [-0.4, -0.2) is 56.8 Å². The summed E-state index contributed by atoms with van der Waals surface area (Å²) in [6.45, 7) is 6.82. The summed E-state index contributed by atoms with van der Waals surface area (Å²) >= 11 is 0. The van der Waals surface area contributed by atoms with Crippen LogP contribution >= 0.6 is 0 Å². The van der Waals surface area contributed by atoms with Crippen LogP contribution in [0.4, 0.5) is 17.1 Å². The van der Waals surface area contributed by atoms with E-state index in [1.165, 1.54) is 4.31 Å². The van der Waals surface area contributed by atoms with Crippen LogP contribution in [0.1, 0.15) is 44.0 Å². The van der Waals surface area contributed by atoms with Gasteiger partial charge in [-0.05, 0) is 56.2 Å². The first-order valence-electron chi connectivity index (χ1n) is 11.6. The van der Waals surface area contributed by atoms with Crippen molar-refractivity contribution < 1.29 is 18.0 Å². The molecule has 0 aromatic heterocycles. The number of hydrogen-bond acceptors (Lipinski definition) is 6. The number of benzene rings is 2. The van der Waals surface area contributed by atoms with E-state index in [0.717, 1.165) is 12.8 Å². The van der Waals surface area contributed by atoms with Crippen LogP contribution in [-0.2, 0) is 14.8 Å². The second-order valence-corrected chi connectivity index (χ2v) is 10.00. The Morgan fingerprint density at radius 2 is 1.71 bits per heavy atom. The number of anilines is 3. The van der Waals surface area contributed by atoms with Gasteiger partial charge in [0.1, 0.15) is 0 Å². The SMILES string of the molecule is CCNc1ccc(S(=O)(=O)N(CC)CC)cc1NCC(=O)Nc1cccc(C(=O)NC2CC2)c1. The third-order valence-electron chi connectivity index (χ3n) is 5.46. The van der Waals surface area contributed by atoms with Crippen molar-refractivity contribution in [1.29, 1.82) is 0 Å². The van der Waals surface area contributed by atoms with Crippen molar-refractivity contribution >= 4 is 38.9 Å². The summed E-state index contributed by atoms with van der Waals surface area (Å²) in [7, 11) is -3.63. The van der Waals surface area contributed by atoms with Gasteiger partial charge < -0.3 is 21.3 Å². The van der Waals surface area contributed by atoms with Crippen LogP contribution in [0.15, 0.2) is 47.4 Å². The second-order valence-electron chi connectivity index (χ2n) is 8.06. The van der Waals surface area contributed by atoms with Crippen molar-refractivity contribution in [3.05, 3.63) is 48.0 Å². The Bertz CT molecular complexity index is 1130. The van der Waals surface area contributed by atoms with E-state index in [4.69, 9.17) is 0 Å². The average Bonchev–Trinajstić information content (AvgIpc) is 3.63. The fourth-order valence-electron chi connectivity index (χ4n) is 3.50. The van der Waals surface area contributed by atoms with Gasteiger partial charge in [0, 0.05) is 36.9 Å². The van der Waals surface area contributed by atoms with Crippen molar-refractivity contribution in [3.8, 4) is 0 Å². The number of hydrogen-bond donors (Lipinski definition) is 4. The van der Waals surface area contributed by atoms with Gasteiger partial charge in [0.05, 0.1) is 22.8 Å². The smallest absolute Gasteiger partial charge is 0.251 e. The van der Waals surface area contributed by atoms with E-state index in [1.54, 1.807) is 56.3 Å². The standard InChI is InChI=1S/C24H33N5O4S/c1-4-25-21-13-12-20(34(32,33)29(5-2)6-3)15-22(21)26-16-23(30)27-19-9-7-8-17(14-19)24(31)28-18-10-11-18/h7-9,12-15,18,25-26H,4-6,10-11,16H2,1-3H3,(H,27,30)(H,28,31). The number of sulfonamides is 1. The zero-order valence-electron chi connectivity index (χ0n) is 19.8. The third kappa shape index (κ3) is 6.48. The molecular formula is C24H33N5O4S. The maximum atomic E-state index is 12.9. The van der Waals surface area contributed by atoms with Crippen molar-refractivity contribution in [3.63, 3.8) is 0 Å². The van der Waals surface area contributed by atoms with E-state index in [9.17, 15) is 18.0 Å². The normalized spacial score (nSPS) is 13.4. The van der Waals surface area contributed by atoms with Crippen LogP contribution in [0.25, 0.3) is 0 Å². The summed E-state index contributed by atoms with van der Waals surface area (Å²) in [4.78, 5) is 25.0. The third-order valence-corrected chi connectivity index (χ3v) is 7.51. The first kappa shape index (κ1) is 25.5. The maximum absolute atomic E-state index is 12.9. The van der Waals surface area contributed by atoms with Gasteiger partial charge >= 0.3 is 0 Å². The van der Waals surface area contributed by atoms with E-state index in [2.05, 4.69) is 21.3 Å². The van der Waals surface area contributed by atoms with Gasteiger partial charge in [-0.1, -0.05) is 19.9 Å². The van der Waals surface area contributed by atoms with E-state index in [-0.39, 0.29) is 29.3 Å². The number of nitrogens with zero attached hydrogens (tertiary/aromatic N) is 1. The molecule has 0 aliphatic heterocycles. The minimum absolute atomic E-state index is 0.0777. The maximum Gasteiger partial charge on any atom is 0.251 e. The molecule has 1 saturated carbocycles. The molecule has 0 radical (unpaired) electrons. The van der Waals surface area contributed by atoms with Crippen molar-refractivity contribution in [2.24, 2.45) is 0 Å². The van der Waals surface area contributed by atoms with Gasteiger partial charge in [-0.15, -0.1) is 0 Å². The van der Waals surface area contributed by atoms with Crippen LogP contribution in [0, 0.1) is 0 Å². The number of rotatable bonds is 12. The minimum Gasteiger partial charge on any atom is -0.384 e. The quantitative estimate of drug-likeness (QED) is 0.365. The zero-order valence-corrected chi connectivity index (χ0v) is 20.7. The summed E-state index contributed by atoms with van der Waals surface area (Å²) in [5, 5.41) is 11.9. The molecule has 0 heterocycles. The van der Waals surface area contributed by atoms with Gasteiger partial charge in [-0.3, -0.25) is 9.59 Å². The topological polar surface area (TPSA) is 120 Å². The van der Waals surface area contributed by atoms with Gasteiger partial charge in [0.15, 0.2) is 0 Å². The molecule has 4 N–H and O–H groups in total. The van der Waals surface area contributed by atoms with Crippen LogP contribution < -0.4 is 21.3 Å². The van der Waals surface area contributed by atoms with Crippen molar-refractivity contribution in [2.75, 3.05) is 42.1 Å². The van der Waals surface area contributed by atoms with E-state index in [1.807, 2.05) is 6.92 Å². The van der Waals surface area contributed by atoms with Gasteiger partial charge in [-0.25, -0.2) is 8.42 Å². The van der Waals surface area contributed by atoms with Crippen molar-refractivity contribution in [2.45, 2.75) is 44.6 Å². The molecular weight excluding hydrogens is 454 g/mol. The summed E-state index contributed by atoms with van der Waals surface area (Å²) in [5.74, 6) is -0.475. The molecule has 0 spiro atoms. The summed E-state index contributed by atoms with van der Waals surface area (Å²) < 4.78 is 27.2. The highest BCUT2D eigenvalue weighted by Gasteiger charge is 2.24. The Hall–Kier alpha value is -3.11. The number of amides is 2. The van der Waals surface area contributed by atoms with E-state index < -0.39 is 10.0 Å². The highest BCUT2D eigenvalue weighted by molar-refractivity contribution is 7.89. The minimum atomic E-state index is -3.63. The van der Waals surface area contributed by atoms with Gasteiger partial charge in [0.25, 0.3) is 5.91 Å². The Morgan fingerprint density at radius 1 is 0.971 bits per heavy atom. The summed E-state index contributed by atoms with van der Waals surface area (Å²) in [5.41, 5.74) is 2.22. The Balaban J connectivity index is 1.70. The molecule has 0 unspecified atom stereocenters. The number of nitrogens with one attached hydrogen (secondary N) is 4. The predicted molar refractivity (Wildman–Crippen MR) is 135 cm³/mol. The fraction of sp³-hybridized carbons (Fsp3) is 0.417. The molecule has 184 valence electrons. The molecule has 1 fully saturated rings. The average molecular weight is 488 g/mol.